The van der Waals surface area contributed by atoms with Crippen LogP contribution in [0.4, 0.5) is 10.1 Å². The van der Waals surface area contributed by atoms with Crippen LogP contribution >= 0.6 is 0 Å². The molecule has 0 bridgehead atoms. The number of para-hydroxylation sites is 1. The number of hydrogen-bond acceptors (Lipinski definition) is 3. The van der Waals surface area contributed by atoms with E-state index in [9.17, 15) is 9.50 Å². The Morgan fingerprint density at radius 2 is 1.81 bits per heavy atom. The normalized spacial score (nSPS) is 22.7. The van der Waals surface area contributed by atoms with Crippen LogP contribution in [-0.4, -0.2) is 42.2 Å². The molecule has 0 aromatic heterocycles. The van der Waals surface area contributed by atoms with Crippen molar-refractivity contribution in [1.29, 1.82) is 0 Å². The topological polar surface area (TPSA) is 26.7 Å². The lowest BCUT2D eigenvalue weighted by molar-refractivity contribution is 0.184. The summed E-state index contributed by atoms with van der Waals surface area (Å²) < 4.78 is 14.2. The lowest BCUT2D eigenvalue weighted by Crippen LogP contribution is -2.50. The zero-order valence-corrected chi connectivity index (χ0v) is 12.8. The molecule has 1 N–H and O–H groups in total. The maximum Gasteiger partial charge on any atom is 0.146 e. The second-order valence-corrected chi connectivity index (χ2v) is 6.31. The third-order valence-corrected chi connectivity index (χ3v) is 4.94. The first-order valence-electron chi connectivity index (χ1n) is 8.12. The molecule has 3 rings (SSSR count). The highest BCUT2D eigenvalue weighted by atomic mass is 19.1. The number of anilines is 1. The summed E-state index contributed by atoms with van der Waals surface area (Å²) >= 11 is 0. The standard InChI is InChI=1S/C17H25FN2O/c1-13(21)15-7-4-8-16(18)17(15)20-11-9-19(10-12-20)14-5-2-3-6-14/h4,7-8,13-14,21H,2-3,5-6,9-12H2,1H3. The van der Waals surface area contributed by atoms with Crippen LogP contribution < -0.4 is 4.90 Å². The van der Waals surface area contributed by atoms with Crippen LogP contribution in [0.2, 0.25) is 0 Å². The molecule has 4 heteroatoms. The van der Waals surface area contributed by atoms with Crippen molar-refractivity contribution in [3.8, 4) is 0 Å². The summed E-state index contributed by atoms with van der Waals surface area (Å²) in [6, 6.07) is 5.73. The van der Waals surface area contributed by atoms with Gasteiger partial charge < -0.3 is 10.0 Å². The van der Waals surface area contributed by atoms with Crippen LogP contribution in [0, 0.1) is 5.82 Å². The molecule has 1 heterocycles. The first-order chi connectivity index (χ1) is 10.2. The second kappa shape index (κ2) is 6.32. The van der Waals surface area contributed by atoms with Gasteiger partial charge in [0, 0.05) is 37.8 Å². The molecule has 1 unspecified atom stereocenters. The van der Waals surface area contributed by atoms with Crippen LogP contribution in [0.15, 0.2) is 18.2 Å². The molecule has 1 aromatic rings. The predicted molar refractivity (Wildman–Crippen MR) is 83.1 cm³/mol. The monoisotopic (exact) mass is 292 g/mol. The fourth-order valence-electron chi connectivity index (χ4n) is 3.78. The van der Waals surface area contributed by atoms with Crippen molar-refractivity contribution >= 4 is 5.69 Å². The van der Waals surface area contributed by atoms with Crippen LogP contribution in [-0.2, 0) is 0 Å². The number of nitrogens with zero attached hydrogens (tertiary/aromatic N) is 2. The van der Waals surface area contributed by atoms with Gasteiger partial charge >= 0.3 is 0 Å². The van der Waals surface area contributed by atoms with Gasteiger partial charge in [-0.2, -0.15) is 0 Å². The van der Waals surface area contributed by atoms with Crippen LogP contribution in [0.1, 0.15) is 44.3 Å². The minimum absolute atomic E-state index is 0.220. The van der Waals surface area contributed by atoms with E-state index in [4.69, 9.17) is 0 Å². The second-order valence-electron chi connectivity index (χ2n) is 6.31. The highest BCUT2D eigenvalue weighted by Crippen LogP contribution is 2.31. The Hall–Kier alpha value is -1.13. The van der Waals surface area contributed by atoms with Gasteiger partial charge in [0.2, 0.25) is 0 Å². The predicted octanol–water partition coefficient (Wildman–Crippen LogP) is 2.94. The maximum atomic E-state index is 14.2. The number of rotatable bonds is 3. The van der Waals surface area contributed by atoms with Gasteiger partial charge in [0.15, 0.2) is 0 Å². The molecule has 2 aliphatic rings. The molecule has 21 heavy (non-hydrogen) atoms. The first kappa shape index (κ1) is 14.8. The summed E-state index contributed by atoms with van der Waals surface area (Å²) in [6.07, 6.45) is 4.70. The van der Waals surface area contributed by atoms with E-state index >= 15 is 0 Å². The van der Waals surface area contributed by atoms with Gasteiger partial charge in [0.1, 0.15) is 5.82 Å². The molecule has 116 valence electrons. The summed E-state index contributed by atoms with van der Waals surface area (Å²) in [5.74, 6) is -0.220. The van der Waals surface area contributed by atoms with Gasteiger partial charge in [0.25, 0.3) is 0 Å². The Bertz CT molecular complexity index is 478. The zero-order chi connectivity index (χ0) is 14.8. The molecule has 0 radical (unpaired) electrons. The Morgan fingerprint density at radius 3 is 2.43 bits per heavy atom. The van der Waals surface area contributed by atoms with Gasteiger partial charge in [0.05, 0.1) is 11.8 Å². The molecule has 1 saturated heterocycles. The van der Waals surface area contributed by atoms with Crippen molar-refractivity contribution in [2.24, 2.45) is 0 Å². The highest BCUT2D eigenvalue weighted by molar-refractivity contribution is 5.56. The number of aliphatic hydroxyl groups is 1. The first-order valence-corrected chi connectivity index (χ1v) is 8.12. The van der Waals surface area contributed by atoms with E-state index in [0.717, 1.165) is 32.2 Å². The molecule has 1 aliphatic carbocycles. The van der Waals surface area contributed by atoms with Gasteiger partial charge in [-0.05, 0) is 25.8 Å². The van der Waals surface area contributed by atoms with E-state index < -0.39 is 6.10 Å². The Morgan fingerprint density at radius 1 is 1.14 bits per heavy atom. The SMILES string of the molecule is CC(O)c1cccc(F)c1N1CCN(C2CCCC2)CC1. The highest BCUT2D eigenvalue weighted by Gasteiger charge is 2.28. The smallest absolute Gasteiger partial charge is 0.146 e. The van der Waals surface area contributed by atoms with Crippen molar-refractivity contribution in [1.82, 2.24) is 4.90 Å². The number of hydrogen-bond donors (Lipinski definition) is 1. The quantitative estimate of drug-likeness (QED) is 0.928. The van der Waals surface area contributed by atoms with Crippen LogP contribution in [0.3, 0.4) is 0 Å². The number of piperazine rings is 1. The zero-order valence-electron chi connectivity index (χ0n) is 12.8. The van der Waals surface area contributed by atoms with E-state index in [1.54, 1.807) is 13.0 Å². The minimum atomic E-state index is -0.636. The lowest BCUT2D eigenvalue weighted by atomic mass is 10.1. The summed E-state index contributed by atoms with van der Waals surface area (Å²) in [4.78, 5) is 4.66. The van der Waals surface area contributed by atoms with Gasteiger partial charge in [-0.15, -0.1) is 0 Å². The molecule has 1 atom stereocenters. The fourth-order valence-corrected chi connectivity index (χ4v) is 3.78. The Balaban J connectivity index is 1.72. The van der Waals surface area contributed by atoms with Crippen molar-refractivity contribution < 1.29 is 9.50 Å². The van der Waals surface area contributed by atoms with Crippen molar-refractivity contribution in [2.75, 3.05) is 31.1 Å². The third-order valence-electron chi connectivity index (χ3n) is 4.94. The molecular formula is C17H25FN2O. The molecular weight excluding hydrogens is 267 g/mol. The average Bonchev–Trinajstić information content (AvgIpc) is 3.01. The van der Waals surface area contributed by atoms with Gasteiger partial charge in [-0.3, -0.25) is 4.90 Å². The molecule has 1 aliphatic heterocycles. The number of benzene rings is 1. The maximum absolute atomic E-state index is 14.2. The average molecular weight is 292 g/mol. The van der Waals surface area contributed by atoms with Crippen LogP contribution in [0.25, 0.3) is 0 Å². The van der Waals surface area contributed by atoms with Gasteiger partial charge in [-0.25, -0.2) is 4.39 Å². The summed E-state index contributed by atoms with van der Waals surface area (Å²) in [7, 11) is 0. The lowest BCUT2D eigenvalue weighted by Gasteiger charge is -2.40. The molecule has 3 nitrogen and oxygen atoms in total. The van der Waals surface area contributed by atoms with E-state index in [-0.39, 0.29) is 5.82 Å². The third kappa shape index (κ3) is 3.06. The fraction of sp³-hybridized carbons (Fsp3) is 0.647. The van der Waals surface area contributed by atoms with Crippen molar-refractivity contribution in [3.63, 3.8) is 0 Å². The summed E-state index contributed by atoms with van der Waals surface area (Å²) in [5.41, 5.74) is 1.29. The van der Waals surface area contributed by atoms with Crippen molar-refractivity contribution in [3.05, 3.63) is 29.6 Å². The van der Waals surface area contributed by atoms with Crippen molar-refractivity contribution in [2.45, 2.75) is 44.8 Å². The number of aliphatic hydroxyl groups excluding tert-OH is 1. The Kier molecular flexibility index (Phi) is 4.45. The van der Waals surface area contributed by atoms with E-state index in [2.05, 4.69) is 9.80 Å². The minimum Gasteiger partial charge on any atom is -0.389 e. The van der Waals surface area contributed by atoms with Gasteiger partial charge in [-0.1, -0.05) is 25.0 Å². The number of halogens is 1. The molecule has 0 spiro atoms. The van der Waals surface area contributed by atoms with E-state index in [0.29, 0.717) is 11.3 Å². The van der Waals surface area contributed by atoms with Crippen LogP contribution in [0.5, 0.6) is 0 Å². The molecule has 1 aromatic carbocycles. The molecule has 1 saturated carbocycles. The largest absolute Gasteiger partial charge is 0.389 e. The molecule has 2 fully saturated rings. The molecule has 0 amide bonds. The van der Waals surface area contributed by atoms with E-state index in [1.165, 1.54) is 31.7 Å². The van der Waals surface area contributed by atoms with E-state index in [1.807, 2.05) is 6.07 Å². The Labute approximate surface area is 126 Å². The summed E-state index contributed by atoms with van der Waals surface area (Å²) in [6.45, 7) is 5.39. The summed E-state index contributed by atoms with van der Waals surface area (Å²) in [5, 5.41) is 9.88.